The first kappa shape index (κ1) is 8.56. The molecule has 0 bridgehead atoms. The van der Waals surface area contributed by atoms with Crippen LogP contribution in [0.25, 0.3) is 0 Å². The highest BCUT2D eigenvalue weighted by Crippen LogP contribution is 2.20. The summed E-state index contributed by atoms with van der Waals surface area (Å²) in [6, 6.07) is 0.510. The van der Waals surface area contributed by atoms with Crippen LogP contribution in [0.5, 0.6) is 0 Å². The molecule has 4 nitrogen and oxygen atoms in total. The standard InChI is InChI=1S/C9H16N4/c1-12-4-2-3-9(7-12)13-6-8(10)5-11-13/h5-6,9H,2-4,7,10H2,1H3/t9-/m1/s1. The molecule has 0 unspecified atom stereocenters. The SMILES string of the molecule is CN1CCC[C@@H](n2cc(N)cn2)C1. The third-order valence-corrected chi connectivity index (χ3v) is 2.60. The number of rotatable bonds is 1. The Labute approximate surface area is 78.3 Å². The lowest BCUT2D eigenvalue weighted by Gasteiger charge is -2.29. The van der Waals surface area contributed by atoms with Crippen LogP contribution in [0.2, 0.25) is 0 Å². The van der Waals surface area contributed by atoms with Crippen LogP contribution < -0.4 is 5.73 Å². The van der Waals surface area contributed by atoms with Crippen LogP contribution in [0, 0.1) is 0 Å². The van der Waals surface area contributed by atoms with Crippen molar-refractivity contribution in [3.8, 4) is 0 Å². The van der Waals surface area contributed by atoms with Gasteiger partial charge in [-0.25, -0.2) is 0 Å². The first-order valence-electron chi connectivity index (χ1n) is 4.74. The van der Waals surface area contributed by atoms with Crippen molar-refractivity contribution in [3.05, 3.63) is 12.4 Å². The van der Waals surface area contributed by atoms with Gasteiger partial charge in [-0.3, -0.25) is 4.68 Å². The van der Waals surface area contributed by atoms with Crippen molar-refractivity contribution < 1.29 is 0 Å². The van der Waals surface area contributed by atoms with E-state index in [-0.39, 0.29) is 0 Å². The van der Waals surface area contributed by atoms with E-state index in [1.54, 1.807) is 6.20 Å². The molecule has 13 heavy (non-hydrogen) atoms. The minimum absolute atomic E-state index is 0.510. The summed E-state index contributed by atoms with van der Waals surface area (Å²) in [5.74, 6) is 0. The van der Waals surface area contributed by atoms with Crippen molar-refractivity contribution in [2.45, 2.75) is 18.9 Å². The highest BCUT2D eigenvalue weighted by molar-refractivity contribution is 5.30. The average molecular weight is 180 g/mol. The molecule has 0 aromatic carbocycles. The first-order chi connectivity index (χ1) is 6.25. The molecule has 72 valence electrons. The quantitative estimate of drug-likeness (QED) is 0.693. The number of likely N-dealkylation sites (tertiary alicyclic amines) is 1. The van der Waals surface area contributed by atoms with Crippen LogP contribution in [0.15, 0.2) is 12.4 Å². The molecule has 1 saturated heterocycles. The Morgan fingerprint density at radius 2 is 2.46 bits per heavy atom. The summed E-state index contributed by atoms with van der Waals surface area (Å²) in [5, 5.41) is 4.24. The second-order valence-corrected chi connectivity index (χ2v) is 3.81. The van der Waals surface area contributed by atoms with Crippen molar-refractivity contribution >= 4 is 5.69 Å². The molecule has 1 aliphatic rings. The Balaban J connectivity index is 2.08. The first-order valence-corrected chi connectivity index (χ1v) is 4.74. The molecule has 1 aliphatic heterocycles. The van der Waals surface area contributed by atoms with Gasteiger partial charge in [-0.05, 0) is 26.4 Å². The highest BCUT2D eigenvalue weighted by atomic mass is 15.3. The number of likely N-dealkylation sites (N-methyl/N-ethyl adjacent to an activating group) is 1. The van der Waals surface area contributed by atoms with E-state index < -0.39 is 0 Å². The van der Waals surface area contributed by atoms with Gasteiger partial charge in [-0.15, -0.1) is 0 Å². The lowest BCUT2D eigenvalue weighted by atomic mass is 10.1. The summed E-state index contributed by atoms with van der Waals surface area (Å²) < 4.78 is 1.99. The minimum atomic E-state index is 0.510. The fourth-order valence-electron chi connectivity index (χ4n) is 1.91. The summed E-state index contributed by atoms with van der Waals surface area (Å²) in [4.78, 5) is 2.34. The molecule has 1 atom stereocenters. The van der Waals surface area contributed by atoms with Gasteiger partial charge < -0.3 is 10.6 Å². The van der Waals surface area contributed by atoms with E-state index >= 15 is 0 Å². The van der Waals surface area contributed by atoms with Gasteiger partial charge in [0.05, 0.1) is 17.9 Å². The summed E-state index contributed by atoms with van der Waals surface area (Å²) in [6.07, 6.45) is 6.10. The van der Waals surface area contributed by atoms with Gasteiger partial charge in [0, 0.05) is 12.7 Å². The number of anilines is 1. The van der Waals surface area contributed by atoms with Gasteiger partial charge >= 0.3 is 0 Å². The Morgan fingerprint density at radius 1 is 1.62 bits per heavy atom. The molecule has 0 amide bonds. The van der Waals surface area contributed by atoms with E-state index in [0.29, 0.717) is 6.04 Å². The van der Waals surface area contributed by atoms with E-state index in [0.717, 1.165) is 12.2 Å². The van der Waals surface area contributed by atoms with Crippen LogP contribution in [0.4, 0.5) is 5.69 Å². The third kappa shape index (κ3) is 1.83. The fraction of sp³-hybridized carbons (Fsp3) is 0.667. The van der Waals surface area contributed by atoms with Gasteiger partial charge in [0.15, 0.2) is 0 Å². The summed E-state index contributed by atoms with van der Waals surface area (Å²) in [5.41, 5.74) is 6.38. The van der Waals surface area contributed by atoms with Crippen molar-refractivity contribution in [2.24, 2.45) is 0 Å². The van der Waals surface area contributed by atoms with Crippen LogP contribution in [-0.4, -0.2) is 34.8 Å². The van der Waals surface area contributed by atoms with Crippen LogP contribution in [-0.2, 0) is 0 Å². The predicted octanol–water partition coefficient (Wildman–Crippen LogP) is 0.732. The molecular weight excluding hydrogens is 164 g/mol. The molecule has 2 heterocycles. The summed E-state index contributed by atoms with van der Waals surface area (Å²) in [6.45, 7) is 2.29. The highest BCUT2D eigenvalue weighted by Gasteiger charge is 2.18. The number of hydrogen-bond acceptors (Lipinski definition) is 3. The normalized spacial score (nSPS) is 24.8. The number of aromatic nitrogens is 2. The Kier molecular flexibility index (Phi) is 2.22. The lowest BCUT2D eigenvalue weighted by Crippen LogP contribution is -2.33. The molecule has 4 heteroatoms. The van der Waals surface area contributed by atoms with Crippen molar-refractivity contribution in [2.75, 3.05) is 25.9 Å². The smallest absolute Gasteiger partial charge is 0.0719 e. The molecule has 0 radical (unpaired) electrons. The second-order valence-electron chi connectivity index (χ2n) is 3.81. The van der Waals surface area contributed by atoms with Crippen LogP contribution >= 0.6 is 0 Å². The number of nitrogens with two attached hydrogens (primary N) is 1. The molecule has 0 spiro atoms. The maximum absolute atomic E-state index is 5.62. The van der Waals surface area contributed by atoms with E-state index in [9.17, 15) is 0 Å². The molecule has 2 rings (SSSR count). The van der Waals surface area contributed by atoms with Crippen LogP contribution in [0.3, 0.4) is 0 Å². The zero-order valence-corrected chi connectivity index (χ0v) is 7.98. The van der Waals surface area contributed by atoms with Gasteiger partial charge in [0.1, 0.15) is 0 Å². The molecule has 1 fully saturated rings. The van der Waals surface area contributed by atoms with Gasteiger partial charge in [0.25, 0.3) is 0 Å². The Bertz CT molecular complexity index is 281. The van der Waals surface area contributed by atoms with Crippen molar-refractivity contribution in [3.63, 3.8) is 0 Å². The number of nitrogen functional groups attached to an aromatic ring is 1. The average Bonchev–Trinajstić information content (AvgIpc) is 2.52. The monoisotopic (exact) mass is 180 g/mol. The molecule has 2 N–H and O–H groups in total. The maximum atomic E-state index is 5.62. The zero-order valence-electron chi connectivity index (χ0n) is 7.98. The Morgan fingerprint density at radius 3 is 3.08 bits per heavy atom. The van der Waals surface area contributed by atoms with E-state index in [1.807, 2.05) is 10.9 Å². The van der Waals surface area contributed by atoms with Crippen LogP contribution in [0.1, 0.15) is 18.9 Å². The van der Waals surface area contributed by atoms with E-state index in [4.69, 9.17) is 5.73 Å². The molecule has 0 saturated carbocycles. The number of hydrogen-bond donors (Lipinski definition) is 1. The molecule has 0 aliphatic carbocycles. The molecular formula is C9H16N4. The number of nitrogens with zero attached hydrogens (tertiary/aromatic N) is 3. The van der Waals surface area contributed by atoms with E-state index in [1.165, 1.54) is 19.4 Å². The summed E-state index contributed by atoms with van der Waals surface area (Å²) in [7, 11) is 2.15. The topological polar surface area (TPSA) is 47.1 Å². The number of piperidine rings is 1. The third-order valence-electron chi connectivity index (χ3n) is 2.60. The maximum Gasteiger partial charge on any atom is 0.0719 e. The zero-order chi connectivity index (χ0) is 9.26. The van der Waals surface area contributed by atoms with Crippen molar-refractivity contribution in [1.82, 2.24) is 14.7 Å². The second kappa shape index (κ2) is 3.38. The minimum Gasteiger partial charge on any atom is -0.396 e. The van der Waals surface area contributed by atoms with Gasteiger partial charge in [-0.1, -0.05) is 0 Å². The molecule has 1 aromatic rings. The Hall–Kier alpha value is -1.03. The fourth-order valence-corrected chi connectivity index (χ4v) is 1.91. The largest absolute Gasteiger partial charge is 0.396 e. The lowest BCUT2D eigenvalue weighted by molar-refractivity contribution is 0.202. The molecule has 1 aromatic heterocycles. The predicted molar refractivity (Wildman–Crippen MR) is 52.4 cm³/mol. The summed E-state index contributed by atoms with van der Waals surface area (Å²) >= 11 is 0. The van der Waals surface area contributed by atoms with E-state index in [2.05, 4.69) is 17.0 Å². The van der Waals surface area contributed by atoms with Gasteiger partial charge in [-0.2, -0.15) is 5.10 Å². The van der Waals surface area contributed by atoms with Crippen molar-refractivity contribution in [1.29, 1.82) is 0 Å². The van der Waals surface area contributed by atoms with Gasteiger partial charge in [0.2, 0.25) is 0 Å².